The van der Waals surface area contributed by atoms with E-state index < -0.39 is 5.63 Å². The van der Waals surface area contributed by atoms with Crippen LogP contribution in [0.2, 0.25) is 0 Å². The van der Waals surface area contributed by atoms with Gasteiger partial charge in [-0.3, -0.25) is 4.79 Å². The van der Waals surface area contributed by atoms with Crippen molar-refractivity contribution >= 4 is 49.2 Å². The van der Waals surface area contributed by atoms with Crippen LogP contribution in [-0.2, 0) is 0 Å². The second kappa shape index (κ2) is 7.60. The number of ether oxygens (including phenoxy) is 2. The van der Waals surface area contributed by atoms with Crippen LogP contribution in [0.4, 0.5) is 0 Å². The first-order valence-corrected chi connectivity index (χ1v) is 11.3. The number of fused-ring (bicyclic) bond motifs is 4. The zero-order valence-electron chi connectivity index (χ0n) is 17.6. The van der Waals surface area contributed by atoms with E-state index in [-0.39, 0.29) is 17.6 Å². The van der Waals surface area contributed by atoms with Crippen LogP contribution in [0.5, 0.6) is 10.9 Å². The highest BCUT2D eigenvalue weighted by Crippen LogP contribution is 2.34. The van der Waals surface area contributed by atoms with Gasteiger partial charge in [0.2, 0.25) is 0 Å². The van der Waals surface area contributed by atoms with Crippen molar-refractivity contribution in [2.75, 3.05) is 20.2 Å². The molecule has 0 atom stereocenters. The Bertz CT molecular complexity index is 1600. The van der Waals surface area contributed by atoms with Gasteiger partial charge >= 0.3 is 5.63 Å². The van der Waals surface area contributed by atoms with Gasteiger partial charge in [0.1, 0.15) is 28.5 Å². The zero-order valence-corrected chi connectivity index (χ0v) is 18.4. The quantitative estimate of drug-likeness (QED) is 0.292. The molecule has 1 aliphatic rings. The third-order valence-corrected chi connectivity index (χ3v) is 6.77. The number of methoxy groups -OCH3 is 1. The van der Waals surface area contributed by atoms with Gasteiger partial charge in [-0.15, -0.1) is 0 Å². The fourth-order valence-corrected chi connectivity index (χ4v) is 5.03. The van der Waals surface area contributed by atoms with Crippen LogP contribution >= 0.6 is 11.3 Å². The monoisotopic (exact) mass is 458 g/mol. The van der Waals surface area contributed by atoms with Crippen molar-refractivity contribution in [1.29, 1.82) is 0 Å². The maximum Gasteiger partial charge on any atom is 0.349 e. The molecule has 0 N–H and O–H groups in total. The van der Waals surface area contributed by atoms with Crippen molar-refractivity contribution in [2.45, 2.75) is 6.10 Å². The highest BCUT2D eigenvalue weighted by molar-refractivity contribution is 7.20. The van der Waals surface area contributed by atoms with Crippen LogP contribution in [0.3, 0.4) is 0 Å². The summed E-state index contributed by atoms with van der Waals surface area (Å²) in [6, 6.07) is 18.8. The second-order valence-electron chi connectivity index (χ2n) is 7.88. The fourth-order valence-electron chi connectivity index (χ4n) is 4.13. The lowest BCUT2D eigenvalue weighted by Crippen LogP contribution is -2.56. The number of carbonyl (C=O) groups excluding carboxylic acids is 1. The van der Waals surface area contributed by atoms with Crippen LogP contribution in [0.15, 0.2) is 69.9 Å². The Kier molecular flexibility index (Phi) is 4.55. The minimum atomic E-state index is -0.634. The molecule has 1 amide bonds. The average Bonchev–Trinajstić information content (AvgIpc) is 3.23. The van der Waals surface area contributed by atoms with Gasteiger partial charge in [0, 0.05) is 5.39 Å². The molecule has 0 unspecified atom stereocenters. The number of amides is 1. The van der Waals surface area contributed by atoms with Crippen LogP contribution in [-0.4, -0.2) is 42.1 Å². The maximum absolute atomic E-state index is 13.0. The van der Waals surface area contributed by atoms with E-state index in [0.717, 1.165) is 26.4 Å². The first-order valence-electron chi connectivity index (χ1n) is 10.5. The third kappa shape index (κ3) is 3.30. The molecule has 33 heavy (non-hydrogen) atoms. The fraction of sp³-hybridized carbons (Fsp3) is 0.160. The first kappa shape index (κ1) is 19.8. The van der Waals surface area contributed by atoms with Crippen molar-refractivity contribution in [1.82, 2.24) is 9.88 Å². The minimum absolute atomic E-state index is 0.0297. The highest BCUT2D eigenvalue weighted by Gasteiger charge is 2.35. The van der Waals surface area contributed by atoms with Crippen molar-refractivity contribution < 1.29 is 18.7 Å². The van der Waals surface area contributed by atoms with E-state index in [1.807, 2.05) is 48.5 Å². The Morgan fingerprint density at radius 2 is 1.94 bits per heavy atom. The number of benzene rings is 3. The summed E-state index contributed by atoms with van der Waals surface area (Å²) in [5.41, 5.74) is 0.618. The Hall–Kier alpha value is -3.91. The molecule has 6 rings (SSSR count). The number of hydrogen-bond donors (Lipinski definition) is 0. The SMILES string of the molecule is COc1cccc2sc(OC3CN(C(=O)c4cc5c(ccc6ccccc65)oc4=O)C3)nc12. The van der Waals surface area contributed by atoms with Gasteiger partial charge in [-0.2, -0.15) is 4.98 Å². The van der Waals surface area contributed by atoms with Crippen LogP contribution in [0, 0.1) is 0 Å². The number of likely N-dealkylation sites (tertiary alicyclic amines) is 1. The normalized spacial score (nSPS) is 14.0. The van der Waals surface area contributed by atoms with Gasteiger partial charge < -0.3 is 18.8 Å². The number of aromatic nitrogens is 1. The van der Waals surface area contributed by atoms with E-state index in [9.17, 15) is 9.59 Å². The lowest BCUT2D eigenvalue weighted by molar-refractivity contribution is 0.0175. The summed E-state index contributed by atoms with van der Waals surface area (Å²) in [6.07, 6.45) is -0.186. The largest absolute Gasteiger partial charge is 0.494 e. The molecule has 164 valence electrons. The Balaban J connectivity index is 1.22. The first-order chi connectivity index (χ1) is 16.1. The molecule has 0 spiro atoms. The van der Waals surface area contributed by atoms with Gasteiger partial charge in [0.05, 0.1) is 24.9 Å². The number of thiazole rings is 1. The number of rotatable bonds is 4. The van der Waals surface area contributed by atoms with Gasteiger partial charge in [-0.1, -0.05) is 47.7 Å². The van der Waals surface area contributed by atoms with Crippen LogP contribution in [0.1, 0.15) is 10.4 Å². The standard InChI is InChI=1S/C25H18N2O5S/c1-30-20-7-4-8-21-22(20)26-25(33-21)31-15-12-27(13-15)23(28)18-11-17-16-6-3-2-5-14(16)9-10-19(17)32-24(18)29/h2-11,15H,12-13H2,1H3. The zero-order chi connectivity index (χ0) is 22.5. The molecule has 3 heterocycles. The molecule has 0 saturated carbocycles. The Morgan fingerprint density at radius 1 is 1.09 bits per heavy atom. The van der Waals surface area contributed by atoms with Gasteiger partial charge in [-0.05, 0) is 35.0 Å². The van der Waals surface area contributed by atoms with Crippen LogP contribution in [0.25, 0.3) is 32.0 Å². The molecular formula is C25H18N2O5S. The van der Waals surface area contributed by atoms with E-state index >= 15 is 0 Å². The van der Waals surface area contributed by atoms with E-state index in [1.165, 1.54) is 11.3 Å². The smallest absolute Gasteiger partial charge is 0.349 e. The molecule has 2 aromatic heterocycles. The average molecular weight is 458 g/mol. The molecule has 8 heteroatoms. The van der Waals surface area contributed by atoms with Gasteiger partial charge in [-0.25, -0.2) is 4.79 Å². The molecule has 5 aromatic rings. The summed E-state index contributed by atoms with van der Waals surface area (Å²) < 4.78 is 17.7. The van der Waals surface area contributed by atoms with Crippen molar-refractivity contribution in [3.63, 3.8) is 0 Å². The molecular weight excluding hydrogens is 440 g/mol. The van der Waals surface area contributed by atoms with Gasteiger partial charge in [0.25, 0.3) is 11.1 Å². The molecule has 7 nitrogen and oxygen atoms in total. The van der Waals surface area contributed by atoms with Crippen molar-refractivity contribution in [3.8, 4) is 10.9 Å². The minimum Gasteiger partial charge on any atom is -0.494 e. The number of para-hydroxylation sites is 1. The predicted octanol–water partition coefficient (Wildman–Crippen LogP) is 4.47. The summed E-state index contributed by atoms with van der Waals surface area (Å²) in [5, 5.41) is 3.22. The molecule has 0 aliphatic carbocycles. The van der Waals surface area contributed by atoms with Crippen molar-refractivity contribution in [2.24, 2.45) is 0 Å². The summed E-state index contributed by atoms with van der Waals surface area (Å²) in [4.78, 5) is 31.7. The maximum atomic E-state index is 13.0. The van der Waals surface area contributed by atoms with Crippen molar-refractivity contribution in [3.05, 3.63) is 76.6 Å². The summed E-state index contributed by atoms with van der Waals surface area (Å²) in [6.45, 7) is 0.748. The summed E-state index contributed by atoms with van der Waals surface area (Å²) >= 11 is 1.43. The number of carbonyl (C=O) groups is 1. The molecule has 0 radical (unpaired) electrons. The molecule has 1 aliphatic heterocycles. The second-order valence-corrected chi connectivity index (χ2v) is 8.88. The van der Waals surface area contributed by atoms with Crippen LogP contribution < -0.4 is 15.1 Å². The lowest BCUT2D eigenvalue weighted by Gasteiger charge is -2.38. The summed E-state index contributed by atoms with van der Waals surface area (Å²) in [5.74, 6) is 0.337. The topological polar surface area (TPSA) is 81.9 Å². The Labute approximate surface area is 191 Å². The number of nitrogens with zero attached hydrogens (tertiary/aromatic N) is 2. The predicted molar refractivity (Wildman–Crippen MR) is 126 cm³/mol. The number of hydrogen-bond acceptors (Lipinski definition) is 7. The van der Waals surface area contributed by atoms with E-state index in [4.69, 9.17) is 13.9 Å². The molecule has 0 bridgehead atoms. The van der Waals surface area contributed by atoms with E-state index in [2.05, 4.69) is 4.98 Å². The summed E-state index contributed by atoms with van der Waals surface area (Å²) in [7, 11) is 1.61. The van der Waals surface area contributed by atoms with E-state index in [1.54, 1.807) is 24.1 Å². The third-order valence-electron chi connectivity index (χ3n) is 5.86. The Morgan fingerprint density at radius 3 is 2.79 bits per heavy atom. The lowest BCUT2D eigenvalue weighted by atomic mass is 10.0. The van der Waals surface area contributed by atoms with Gasteiger partial charge in [0.15, 0.2) is 0 Å². The molecule has 1 saturated heterocycles. The molecule has 3 aromatic carbocycles. The van der Waals surface area contributed by atoms with E-state index in [0.29, 0.717) is 29.6 Å². The molecule has 1 fully saturated rings. The highest BCUT2D eigenvalue weighted by atomic mass is 32.1.